The molecule has 1 N–H and O–H groups in total. The van der Waals surface area contributed by atoms with Crippen LogP contribution in [0.5, 0.6) is 0 Å². The van der Waals surface area contributed by atoms with Crippen LogP contribution in [0.4, 0.5) is 10.2 Å². The molecule has 100 valence electrons. The van der Waals surface area contributed by atoms with Gasteiger partial charge in [-0.3, -0.25) is 0 Å². The van der Waals surface area contributed by atoms with Gasteiger partial charge in [0.15, 0.2) is 11.6 Å². The number of aromatic nitrogens is 1. The second-order valence-electron chi connectivity index (χ2n) is 4.61. The van der Waals surface area contributed by atoms with Gasteiger partial charge in [0, 0.05) is 25.4 Å². The SMILES string of the molecule is Cc1cccc(CN(C)c2nccc(CO)c2F)c1. The van der Waals surface area contributed by atoms with Crippen molar-refractivity contribution in [2.24, 2.45) is 0 Å². The van der Waals surface area contributed by atoms with Crippen molar-refractivity contribution in [1.29, 1.82) is 0 Å². The number of benzene rings is 1. The lowest BCUT2D eigenvalue weighted by atomic mass is 10.1. The highest BCUT2D eigenvalue weighted by atomic mass is 19.1. The third-order valence-corrected chi connectivity index (χ3v) is 2.98. The van der Waals surface area contributed by atoms with Gasteiger partial charge in [0.25, 0.3) is 0 Å². The Hall–Kier alpha value is -1.94. The Morgan fingerprint density at radius 1 is 1.32 bits per heavy atom. The van der Waals surface area contributed by atoms with Crippen molar-refractivity contribution >= 4 is 5.82 Å². The van der Waals surface area contributed by atoms with E-state index < -0.39 is 5.82 Å². The number of anilines is 1. The molecule has 0 aliphatic carbocycles. The van der Waals surface area contributed by atoms with Crippen molar-refractivity contribution < 1.29 is 9.50 Å². The lowest BCUT2D eigenvalue weighted by Crippen LogP contribution is -2.19. The third kappa shape index (κ3) is 3.09. The topological polar surface area (TPSA) is 36.4 Å². The molecule has 0 unspecified atom stereocenters. The molecule has 0 fully saturated rings. The van der Waals surface area contributed by atoms with Gasteiger partial charge in [-0.15, -0.1) is 0 Å². The quantitative estimate of drug-likeness (QED) is 0.918. The molecule has 0 amide bonds. The van der Waals surface area contributed by atoms with Gasteiger partial charge in [0.1, 0.15) is 0 Å². The average Bonchev–Trinajstić information content (AvgIpc) is 2.39. The normalized spacial score (nSPS) is 10.5. The number of hydrogen-bond donors (Lipinski definition) is 1. The largest absolute Gasteiger partial charge is 0.392 e. The number of nitrogens with zero attached hydrogens (tertiary/aromatic N) is 2. The van der Waals surface area contributed by atoms with Gasteiger partial charge in [-0.25, -0.2) is 9.37 Å². The highest BCUT2D eigenvalue weighted by molar-refractivity contribution is 5.43. The van der Waals surface area contributed by atoms with Crippen molar-refractivity contribution in [2.75, 3.05) is 11.9 Å². The summed E-state index contributed by atoms with van der Waals surface area (Å²) in [5.41, 5.74) is 2.53. The van der Waals surface area contributed by atoms with Gasteiger partial charge in [-0.05, 0) is 18.6 Å². The summed E-state index contributed by atoms with van der Waals surface area (Å²) in [6.07, 6.45) is 1.51. The zero-order valence-electron chi connectivity index (χ0n) is 11.1. The maximum absolute atomic E-state index is 14.0. The summed E-state index contributed by atoms with van der Waals surface area (Å²) in [6, 6.07) is 9.54. The minimum Gasteiger partial charge on any atom is -0.392 e. The molecule has 2 aromatic rings. The van der Waals surface area contributed by atoms with Gasteiger partial charge in [0.05, 0.1) is 6.61 Å². The van der Waals surface area contributed by atoms with E-state index in [0.717, 1.165) is 5.56 Å². The van der Waals surface area contributed by atoms with Crippen molar-refractivity contribution in [3.05, 3.63) is 59.0 Å². The predicted octanol–water partition coefficient (Wildman–Crippen LogP) is 2.66. The van der Waals surface area contributed by atoms with Crippen molar-refractivity contribution in [2.45, 2.75) is 20.1 Å². The van der Waals surface area contributed by atoms with E-state index >= 15 is 0 Å². The first-order valence-corrected chi connectivity index (χ1v) is 6.12. The van der Waals surface area contributed by atoms with Crippen LogP contribution >= 0.6 is 0 Å². The number of hydrogen-bond acceptors (Lipinski definition) is 3. The molecule has 2 rings (SSSR count). The molecule has 0 aliphatic rings. The molecule has 0 spiro atoms. The molecule has 1 aromatic carbocycles. The van der Waals surface area contributed by atoms with E-state index in [2.05, 4.69) is 11.1 Å². The summed E-state index contributed by atoms with van der Waals surface area (Å²) in [5.74, 6) is -0.201. The summed E-state index contributed by atoms with van der Waals surface area (Å²) < 4.78 is 14.0. The number of rotatable bonds is 4. The van der Waals surface area contributed by atoms with Gasteiger partial charge in [0.2, 0.25) is 0 Å². The van der Waals surface area contributed by atoms with Crippen molar-refractivity contribution in [3.8, 4) is 0 Å². The summed E-state index contributed by atoms with van der Waals surface area (Å²) in [6.45, 7) is 2.27. The van der Waals surface area contributed by atoms with E-state index in [9.17, 15) is 4.39 Å². The molecule has 1 heterocycles. The Morgan fingerprint density at radius 3 is 2.79 bits per heavy atom. The summed E-state index contributed by atoms with van der Waals surface area (Å²) in [5, 5.41) is 9.06. The molecule has 0 saturated heterocycles. The molecule has 4 heteroatoms. The van der Waals surface area contributed by atoms with E-state index in [1.807, 2.05) is 25.1 Å². The standard InChI is InChI=1S/C15H17FN2O/c1-11-4-3-5-12(8-11)9-18(2)15-14(16)13(10-19)6-7-17-15/h3-8,19H,9-10H2,1-2H3. The van der Waals surface area contributed by atoms with Crippen molar-refractivity contribution in [3.63, 3.8) is 0 Å². The van der Waals surface area contributed by atoms with Crippen LogP contribution in [0.1, 0.15) is 16.7 Å². The van der Waals surface area contributed by atoms with E-state index in [1.165, 1.54) is 17.8 Å². The third-order valence-electron chi connectivity index (χ3n) is 2.98. The molecule has 0 bridgehead atoms. The first-order valence-electron chi connectivity index (χ1n) is 6.12. The minimum absolute atomic E-state index is 0.257. The molecule has 19 heavy (non-hydrogen) atoms. The smallest absolute Gasteiger partial charge is 0.171 e. The molecular weight excluding hydrogens is 243 g/mol. The molecule has 0 aliphatic heterocycles. The Balaban J connectivity index is 2.23. The highest BCUT2D eigenvalue weighted by Crippen LogP contribution is 2.20. The Morgan fingerprint density at radius 2 is 2.11 bits per heavy atom. The number of aliphatic hydroxyl groups excluding tert-OH is 1. The zero-order valence-corrected chi connectivity index (χ0v) is 11.1. The fraction of sp³-hybridized carbons (Fsp3) is 0.267. The lowest BCUT2D eigenvalue weighted by molar-refractivity contribution is 0.275. The highest BCUT2D eigenvalue weighted by Gasteiger charge is 2.13. The number of pyridine rings is 1. The minimum atomic E-state index is -0.458. The molecular formula is C15H17FN2O. The van der Waals surface area contributed by atoms with Gasteiger partial charge >= 0.3 is 0 Å². The Bertz CT molecular complexity index is 572. The van der Waals surface area contributed by atoms with E-state index in [4.69, 9.17) is 5.11 Å². The van der Waals surface area contributed by atoms with Crippen LogP contribution in [0.15, 0.2) is 36.5 Å². The predicted molar refractivity (Wildman–Crippen MR) is 73.4 cm³/mol. The lowest BCUT2D eigenvalue weighted by Gasteiger charge is -2.19. The molecule has 0 atom stereocenters. The maximum Gasteiger partial charge on any atom is 0.171 e. The zero-order chi connectivity index (χ0) is 13.8. The van der Waals surface area contributed by atoms with Gasteiger partial charge in [-0.1, -0.05) is 29.8 Å². The first kappa shape index (κ1) is 13.5. The van der Waals surface area contributed by atoms with Gasteiger partial charge < -0.3 is 10.0 Å². The Labute approximate surface area is 112 Å². The summed E-state index contributed by atoms with van der Waals surface area (Å²) in [4.78, 5) is 5.78. The fourth-order valence-electron chi connectivity index (χ4n) is 2.02. The Kier molecular flexibility index (Phi) is 4.12. The monoisotopic (exact) mass is 260 g/mol. The summed E-state index contributed by atoms with van der Waals surface area (Å²) in [7, 11) is 1.79. The second kappa shape index (κ2) is 5.80. The number of halogens is 1. The fourth-order valence-corrected chi connectivity index (χ4v) is 2.02. The average molecular weight is 260 g/mol. The molecule has 0 saturated carbocycles. The number of aliphatic hydroxyl groups is 1. The number of aryl methyl sites for hydroxylation is 1. The molecule has 1 aromatic heterocycles. The molecule has 3 nitrogen and oxygen atoms in total. The van der Waals surface area contributed by atoms with Gasteiger partial charge in [-0.2, -0.15) is 0 Å². The van der Waals surface area contributed by atoms with Crippen LogP contribution in [0.3, 0.4) is 0 Å². The van der Waals surface area contributed by atoms with E-state index in [0.29, 0.717) is 6.54 Å². The van der Waals surface area contributed by atoms with Crippen LogP contribution in [-0.4, -0.2) is 17.1 Å². The van der Waals surface area contributed by atoms with Crippen molar-refractivity contribution in [1.82, 2.24) is 4.98 Å². The first-order chi connectivity index (χ1) is 9.11. The maximum atomic E-state index is 14.0. The van der Waals surface area contributed by atoms with E-state index in [-0.39, 0.29) is 18.0 Å². The second-order valence-corrected chi connectivity index (χ2v) is 4.61. The van der Waals surface area contributed by atoms with Crippen LogP contribution in [0.25, 0.3) is 0 Å². The van der Waals surface area contributed by atoms with Crippen LogP contribution < -0.4 is 4.90 Å². The molecule has 0 radical (unpaired) electrons. The van der Waals surface area contributed by atoms with Crippen LogP contribution in [0.2, 0.25) is 0 Å². The van der Waals surface area contributed by atoms with E-state index in [1.54, 1.807) is 11.9 Å². The summed E-state index contributed by atoms with van der Waals surface area (Å²) >= 11 is 0. The van der Waals surface area contributed by atoms with Crippen LogP contribution in [-0.2, 0) is 13.2 Å². The van der Waals surface area contributed by atoms with Crippen LogP contribution in [0, 0.1) is 12.7 Å².